The summed E-state index contributed by atoms with van der Waals surface area (Å²) in [6.07, 6.45) is 0.678. The number of nitrogens with zero attached hydrogens (tertiary/aromatic N) is 1. The number of amidine groups is 1. The normalized spacial score (nSPS) is 16.0. The van der Waals surface area contributed by atoms with E-state index in [1.807, 2.05) is 19.1 Å². The van der Waals surface area contributed by atoms with E-state index in [9.17, 15) is 24.3 Å². The molecule has 2 unspecified atom stereocenters. The van der Waals surface area contributed by atoms with E-state index in [2.05, 4.69) is 25.6 Å². The number of carbonyl (C=O) groups excluding carboxylic acids is 2. The van der Waals surface area contributed by atoms with Gasteiger partial charge in [-0.05, 0) is 35.7 Å². The lowest BCUT2D eigenvalue weighted by atomic mass is 9.99. The molecule has 0 bridgehead atoms. The van der Waals surface area contributed by atoms with Crippen molar-refractivity contribution in [3.8, 4) is 5.88 Å². The molecule has 2 aromatic carbocycles. The molecule has 1 aliphatic heterocycles. The van der Waals surface area contributed by atoms with Gasteiger partial charge in [-0.15, -0.1) is 0 Å². The Morgan fingerprint density at radius 1 is 1.12 bits per heavy atom. The molecule has 2 heterocycles. The second-order valence-corrected chi connectivity index (χ2v) is 10.1. The minimum atomic E-state index is -1.03. The van der Waals surface area contributed by atoms with Crippen molar-refractivity contribution >= 4 is 52.0 Å². The van der Waals surface area contributed by atoms with Crippen molar-refractivity contribution in [2.24, 2.45) is 4.99 Å². The minimum absolute atomic E-state index is 0.123. The lowest BCUT2D eigenvalue weighted by Crippen LogP contribution is -2.29. The molecule has 14 heteroatoms. The number of aromatic hydroxyl groups is 1. The van der Waals surface area contributed by atoms with Gasteiger partial charge in [-0.2, -0.15) is 0 Å². The summed E-state index contributed by atoms with van der Waals surface area (Å²) >= 11 is 6.98. The lowest BCUT2D eigenvalue weighted by Gasteiger charge is -2.15. The molecular weight excluding hydrogens is 562 g/mol. The van der Waals surface area contributed by atoms with Crippen LogP contribution < -0.4 is 21.9 Å². The SMILES string of the molecule is CC(=O)O.CCc1ccc(C(N=C2NC(=O)C(CC(=O)Nc3cccc(Cl)c3)S2)c2c(O)[nH]c(=O)[nH]c2=O)cc1. The van der Waals surface area contributed by atoms with Crippen molar-refractivity contribution in [3.05, 3.63) is 91.1 Å². The van der Waals surface area contributed by atoms with Crippen molar-refractivity contribution < 1.29 is 24.6 Å². The van der Waals surface area contributed by atoms with E-state index < -0.39 is 40.3 Å². The molecule has 0 saturated carbocycles. The van der Waals surface area contributed by atoms with Gasteiger partial charge in [0.15, 0.2) is 5.17 Å². The van der Waals surface area contributed by atoms with Gasteiger partial charge in [0.25, 0.3) is 11.5 Å². The molecule has 2 amide bonds. The van der Waals surface area contributed by atoms with Crippen LogP contribution in [0, 0.1) is 0 Å². The standard InChI is InChI=1S/C24H22ClN5O5S.C2H4O2/c1-2-12-6-8-13(9-7-12)19(18-21(33)28-23(35)29-22(18)34)27-24-30-20(32)16(36-24)11-17(31)26-15-5-3-4-14(25)10-15;1-2(3)4/h3-10,16,19H,2,11H2,1H3,(H,26,31)(H,27,30,32)(H3,28,29,33,34,35);1H3,(H,3,4). The maximum Gasteiger partial charge on any atom is 0.328 e. The number of anilines is 1. The fourth-order valence-electron chi connectivity index (χ4n) is 3.64. The molecule has 40 heavy (non-hydrogen) atoms. The van der Waals surface area contributed by atoms with Crippen molar-refractivity contribution in [1.29, 1.82) is 0 Å². The number of thioether (sulfide) groups is 1. The number of nitrogens with one attached hydrogen (secondary N) is 4. The van der Waals surface area contributed by atoms with Crippen molar-refractivity contribution in [2.45, 2.75) is 38.0 Å². The summed E-state index contributed by atoms with van der Waals surface area (Å²) in [5.41, 5.74) is 0.278. The van der Waals surface area contributed by atoms with Gasteiger partial charge in [-0.3, -0.25) is 29.1 Å². The Morgan fingerprint density at radius 3 is 2.40 bits per heavy atom. The number of amides is 2. The van der Waals surface area contributed by atoms with E-state index in [1.165, 1.54) is 0 Å². The topological polar surface area (TPSA) is 194 Å². The van der Waals surface area contributed by atoms with Crippen molar-refractivity contribution in [1.82, 2.24) is 15.3 Å². The Labute approximate surface area is 236 Å². The largest absolute Gasteiger partial charge is 0.494 e. The maximum absolute atomic E-state index is 12.6. The number of carbonyl (C=O) groups is 3. The number of aromatic nitrogens is 2. The third-order valence-corrected chi connectivity index (χ3v) is 6.77. The number of H-pyrrole nitrogens is 2. The number of carboxylic acids is 1. The Kier molecular flexibility index (Phi) is 10.3. The first-order valence-corrected chi connectivity index (χ1v) is 13.2. The predicted molar refractivity (Wildman–Crippen MR) is 152 cm³/mol. The molecule has 3 aromatic rings. The molecule has 1 fully saturated rings. The molecule has 4 rings (SSSR count). The summed E-state index contributed by atoms with van der Waals surface area (Å²) in [6, 6.07) is 12.9. The first-order valence-electron chi connectivity index (χ1n) is 11.9. The van der Waals surface area contributed by atoms with Crippen molar-refractivity contribution in [3.63, 3.8) is 0 Å². The molecule has 0 radical (unpaired) electrons. The molecule has 0 spiro atoms. The van der Waals surface area contributed by atoms with Gasteiger partial charge < -0.3 is 20.8 Å². The van der Waals surface area contributed by atoms with Gasteiger partial charge in [0.1, 0.15) is 16.9 Å². The third kappa shape index (κ3) is 8.32. The number of hydrogen-bond donors (Lipinski definition) is 6. The summed E-state index contributed by atoms with van der Waals surface area (Å²) in [4.78, 5) is 67.0. The van der Waals surface area contributed by atoms with Gasteiger partial charge in [0.2, 0.25) is 17.7 Å². The molecule has 0 aliphatic carbocycles. The number of aliphatic carboxylic acids is 1. The van der Waals surface area contributed by atoms with Gasteiger partial charge in [0, 0.05) is 24.1 Å². The zero-order valence-corrected chi connectivity index (χ0v) is 22.9. The summed E-state index contributed by atoms with van der Waals surface area (Å²) in [5, 5.41) is 23.0. The van der Waals surface area contributed by atoms with Crippen LogP contribution in [0.5, 0.6) is 5.88 Å². The zero-order chi connectivity index (χ0) is 29.4. The number of rotatable bonds is 7. The lowest BCUT2D eigenvalue weighted by molar-refractivity contribution is -0.134. The third-order valence-electron chi connectivity index (χ3n) is 5.44. The van der Waals surface area contributed by atoms with Crippen LogP contribution in [0.15, 0.2) is 63.1 Å². The van der Waals surface area contributed by atoms with Crippen molar-refractivity contribution in [2.75, 3.05) is 5.32 Å². The first kappa shape index (κ1) is 30.2. The predicted octanol–water partition coefficient (Wildman–Crippen LogP) is 2.78. The molecule has 1 saturated heterocycles. The maximum atomic E-state index is 12.6. The van der Waals surface area contributed by atoms with E-state index in [4.69, 9.17) is 21.5 Å². The monoisotopic (exact) mass is 587 g/mol. The number of carboxylic acid groups (broad SMARTS) is 1. The molecular formula is C26H26ClN5O7S. The zero-order valence-electron chi connectivity index (χ0n) is 21.4. The number of aryl methyl sites for hydroxylation is 1. The minimum Gasteiger partial charge on any atom is -0.494 e. The molecule has 1 aromatic heterocycles. The fraction of sp³-hybridized carbons (Fsp3) is 0.231. The average Bonchev–Trinajstić information content (AvgIpc) is 3.20. The second kappa shape index (κ2) is 13.6. The smallest absolute Gasteiger partial charge is 0.328 e. The molecule has 12 nitrogen and oxygen atoms in total. The van der Waals surface area contributed by atoms with Crippen LogP contribution in [0.4, 0.5) is 5.69 Å². The van der Waals surface area contributed by atoms with E-state index in [0.29, 0.717) is 16.3 Å². The number of hydrogen-bond acceptors (Lipinski definition) is 8. The van der Waals surface area contributed by atoms with Crippen LogP contribution in [0.3, 0.4) is 0 Å². The van der Waals surface area contributed by atoms with E-state index in [0.717, 1.165) is 30.7 Å². The molecule has 6 N–H and O–H groups in total. The highest BCUT2D eigenvalue weighted by Crippen LogP contribution is 2.32. The molecule has 1 aliphatic rings. The van der Waals surface area contributed by atoms with Crippen LogP contribution >= 0.6 is 23.4 Å². The van der Waals surface area contributed by atoms with E-state index in [-0.39, 0.29) is 23.1 Å². The van der Waals surface area contributed by atoms with Gasteiger partial charge >= 0.3 is 5.69 Å². The quantitative estimate of drug-likeness (QED) is 0.243. The van der Waals surface area contributed by atoms with Crippen LogP contribution in [0.2, 0.25) is 5.02 Å². The van der Waals surface area contributed by atoms with E-state index >= 15 is 0 Å². The Morgan fingerprint density at radius 2 is 1.80 bits per heavy atom. The Bertz CT molecular complexity index is 1550. The molecule has 2 atom stereocenters. The van der Waals surface area contributed by atoms with Gasteiger partial charge in [0.05, 0.1) is 0 Å². The van der Waals surface area contributed by atoms with E-state index in [1.54, 1.807) is 36.4 Å². The van der Waals surface area contributed by atoms with Crippen LogP contribution in [-0.2, 0) is 20.8 Å². The highest BCUT2D eigenvalue weighted by molar-refractivity contribution is 8.15. The fourth-order valence-corrected chi connectivity index (χ4v) is 4.83. The highest BCUT2D eigenvalue weighted by atomic mass is 35.5. The Balaban J connectivity index is 0.00000103. The number of aliphatic imine (C=N–C) groups is 1. The number of halogens is 1. The second-order valence-electron chi connectivity index (χ2n) is 8.48. The van der Waals surface area contributed by atoms with Gasteiger partial charge in [-0.25, -0.2) is 9.79 Å². The summed E-state index contributed by atoms with van der Waals surface area (Å²) in [5.74, 6) is -2.25. The summed E-state index contributed by atoms with van der Waals surface area (Å²) < 4.78 is 0. The van der Waals surface area contributed by atoms with Crippen LogP contribution in [-0.4, -0.2) is 48.4 Å². The van der Waals surface area contributed by atoms with Gasteiger partial charge in [-0.1, -0.05) is 60.6 Å². The average molecular weight is 588 g/mol. The highest BCUT2D eigenvalue weighted by Gasteiger charge is 2.33. The number of benzene rings is 2. The molecule has 210 valence electrons. The summed E-state index contributed by atoms with van der Waals surface area (Å²) in [7, 11) is 0. The Hall–Kier alpha value is -4.36. The summed E-state index contributed by atoms with van der Waals surface area (Å²) in [6.45, 7) is 3.08. The van der Waals surface area contributed by atoms with Crippen LogP contribution in [0.25, 0.3) is 0 Å². The van der Waals surface area contributed by atoms with Crippen LogP contribution in [0.1, 0.15) is 43.0 Å². The number of aromatic amines is 2. The first-order chi connectivity index (χ1) is 19.0.